The number of hydrogen-bond acceptors (Lipinski definition) is 5. The molecule has 0 saturated carbocycles. The molecular weight excluding hydrogens is 260 g/mol. The second-order valence-electron chi connectivity index (χ2n) is 5.57. The van der Waals surface area contributed by atoms with Gasteiger partial charge in [0.15, 0.2) is 0 Å². The van der Waals surface area contributed by atoms with Crippen LogP contribution in [-0.4, -0.2) is 24.6 Å². The molecule has 1 heterocycles. The normalized spacial score (nSPS) is 11.6. The van der Waals surface area contributed by atoms with Gasteiger partial charge in [0.1, 0.15) is 0 Å². The van der Waals surface area contributed by atoms with E-state index in [2.05, 4.69) is 24.2 Å². The Kier molecular flexibility index (Phi) is 6.45. The zero-order valence-electron chi connectivity index (χ0n) is 12.1. The van der Waals surface area contributed by atoms with E-state index >= 15 is 0 Å². The highest BCUT2D eigenvalue weighted by Crippen LogP contribution is 2.28. The van der Waals surface area contributed by atoms with Gasteiger partial charge < -0.3 is 10.5 Å². The van der Waals surface area contributed by atoms with E-state index in [9.17, 15) is 4.79 Å². The standard InChI is InChI=1S/C14H24N2O2S/c1-14(2,9-13(17)18-3)8-12-16-11(10-19-12)6-4-5-7-15/h10H,4-9,15H2,1-3H3. The van der Waals surface area contributed by atoms with Gasteiger partial charge in [-0.05, 0) is 31.2 Å². The topological polar surface area (TPSA) is 65.2 Å². The lowest BCUT2D eigenvalue weighted by Gasteiger charge is -2.21. The monoisotopic (exact) mass is 284 g/mol. The zero-order chi connectivity index (χ0) is 14.3. The van der Waals surface area contributed by atoms with Crippen LogP contribution in [0.1, 0.15) is 43.8 Å². The third-order valence-electron chi connectivity index (χ3n) is 2.97. The van der Waals surface area contributed by atoms with E-state index in [-0.39, 0.29) is 11.4 Å². The van der Waals surface area contributed by atoms with Crippen LogP contribution in [0.25, 0.3) is 0 Å². The van der Waals surface area contributed by atoms with Crippen LogP contribution in [0, 0.1) is 5.41 Å². The van der Waals surface area contributed by atoms with Crippen LogP contribution < -0.4 is 5.73 Å². The van der Waals surface area contributed by atoms with Crippen molar-refractivity contribution in [3.05, 3.63) is 16.1 Å². The molecule has 0 atom stereocenters. The lowest BCUT2D eigenvalue weighted by atomic mass is 9.86. The highest BCUT2D eigenvalue weighted by molar-refractivity contribution is 7.09. The first-order valence-corrected chi connectivity index (χ1v) is 7.55. The number of carbonyl (C=O) groups is 1. The van der Waals surface area contributed by atoms with Gasteiger partial charge in [0.25, 0.3) is 0 Å². The van der Waals surface area contributed by atoms with Crippen molar-refractivity contribution in [2.24, 2.45) is 11.1 Å². The van der Waals surface area contributed by atoms with Crippen molar-refractivity contribution in [3.63, 3.8) is 0 Å². The van der Waals surface area contributed by atoms with Crippen LogP contribution in [0.2, 0.25) is 0 Å². The summed E-state index contributed by atoms with van der Waals surface area (Å²) in [5, 5.41) is 3.21. The van der Waals surface area contributed by atoms with Crippen LogP contribution in [0.3, 0.4) is 0 Å². The van der Waals surface area contributed by atoms with Crippen molar-refractivity contribution in [1.82, 2.24) is 4.98 Å². The Morgan fingerprint density at radius 3 is 2.84 bits per heavy atom. The summed E-state index contributed by atoms with van der Waals surface area (Å²) in [5.74, 6) is -0.162. The number of ether oxygens (including phenoxy) is 1. The van der Waals surface area contributed by atoms with E-state index < -0.39 is 0 Å². The Morgan fingerprint density at radius 2 is 2.21 bits per heavy atom. The van der Waals surface area contributed by atoms with Gasteiger partial charge in [0, 0.05) is 11.8 Å². The van der Waals surface area contributed by atoms with E-state index in [1.165, 1.54) is 7.11 Å². The molecule has 0 bridgehead atoms. The summed E-state index contributed by atoms with van der Waals surface area (Å²) >= 11 is 1.67. The molecule has 5 heteroatoms. The van der Waals surface area contributed by atoms with Crippen LogP contribution in [0.15, 0.2) is 5.38 Å². The minimum absolute atomic E-state index is 0.112. The van der Waals surface area contributed by atoms with E-state index in [1.807, 2.05) is 0 Å². The van der Waals surface area contributed by atoms with Crippen molar-refractivity contribution in [3.8, 4) is 0 Å². The minimum atomic E-state index is -0.162. The predicted octanol–water partition coefficient (Wildman–Crippen LogP) is 2.56. The molecule has 4 nitrogen and oxygen atoms in total. The predicted molar refractivity (Wildman–Crippen MR) is 78.2 cm³/mol. The van der Waals surface area contributed by atoms with E-state index in [1.54, 1.807) is 11.3 Å². The maximum absolute atomic E-state index is 11.3. The van der Waals surface area contributed by atoms with Crippen molar-refractivity contribution in [2.45, 2.75) is 46.0 Å². The number of aryl methyl sites for hydroxylation is 1. The number of nitrogens with zero attached hydrogens (tertiary/aromatic N) is 1. The average Bonchev–Trinajstić information content (AvgIpc) is 2.75. The molecule has 0 fully saturated rings. The Morgan fingerprint density at radius 1 is 1.47 bits per heavy atom. The highest BCUT2D eigenvalue weighted by Gasteiger charge is 2.24. The maximum Gasteiger partial charge on any atom is 0.306 e. The summed E-state index contributed by atoms with van der Waals surface area (Å²) < 4.78 is 4.73. The second-order valence-corrected chi connectivity index (χ2v) is 6.51. The fourth-order valence-corrected chi connectivity index (χ4v) is 3.02. The van der Waals surface area contributed by atoms with Gasteiger partial charge in [0.2, 0.25) is 0 Å². The van der Waals surface area contributed by atoms with Crippen molar-refractivity contribution in [2.75, 3.05) is 13.7 Å². The molecule has 0 saturated heterocycles. The van der Waals surface area contributed by atoms with E-state index in [0.717, 1.165) is 42.9 Å². The summed E-state index contributed by atoms with van der Waals surface area (Å²) in [7, 11) is 1.43. The lowest BCUT2D eigenvalue weighted by molar-refractivity contribution is -0.142. The zero-order valence-corrected chi connectivity index (χ0v) is 12.9. The molecule has 108 valence electrons. The van der Waals surface area contributed by atoms with Crippen LogP contribution in [0.4, 0.5) is 0 Å². The summed E-state index contributed by atoms with van der Waals surface area (Å²) in [6, 6.07) is 0. The molecule has 19 heavy (non-hydrogen) atoms. The van der Waals surface area contributed by atoms with Crippen LogP contribution >= 0.6 is 11.3 Å². The summed E-state index contributed by atoms with van der Waals surface area (Å²) in [5.41, 5.74) is 6.51. The van der Waals surface area contributed by atoms with Crippen LogP contribution in [0.5, 0.6) is 0 Å². The van der Waals surface area contributed by atoms with Gasteiger partial charge in [-0.3, -0.25) is 4.79 Å². The molecule has 0 aromatic carbocycles. The number of aromatic nitrogens is 1. The molecule has 1 rings (SSSR count). The Bertz CT molecular complexity index is 402. The molecular formula is C14H24N2O2S. The van der Waals surface area contributed by atoms with E-state index in [0.29, 0.717) is 6.42 Å². The SMILES string of the molecule is COC(=O)CC(C)(C)Cc1nc(CCCCN)cs1. The number of esters is 1. The smallest absolute Gasteiger partial charge is 0.306 e. The fraction of sp³-hybridized carbons (Fsp3) is 0.714. The Hall–Kier alpha value is -0.940. The van der Waals surface area contributed by atoms with Crippen molar-refractivity contribution in [1.29, 1.82) is 0 Å². The van der Waals surface area contributed by atoms with Crippen LogP contribution in [-0.2, 0) is 22.4 Å². The van der Waals surface area contributed by atoms with Gasteiger partial charge in [-0.15, -0.1) is 11.3 Å². The molecule has 0 spiro atoms. The summed E-state index contributed by atoms with van der Waals surface area (Å²) in [4.78, 5) is 16.0. The molecule has 1 aromatic heterocycles. The van der Waals surface area contributed by atoms with Gasteiger partial charge in [-0.1, -0.05) is 13.8 Å². The molecule has 0 aliphatic rings. The fourth-order valence-electron chi connectivity index (χ4n) is 1.93. The number of methoxy groups -OCH3 is 1. The van der Waals surface area contributed by atoms with Crippen molar-refractivity contribution >= 4 is 17.3 Å². The average molecular weight is 284 g/mol. The molecule has 1 aromatic rings. The lowest BCUT2D eigenvalue weighted by Crippen LogP contribution is -2.20. The molecule has 0 aliphatic heterocycles. The third kappa shape index (κ3) is 6.16. The number of rotatable bonds is 8. The molecule has 0 unspecified atom stereocenters. The Balaban J connectivity index is 2.50. The molecule has 0 aliphatic carbocycles. The highest BCUT2D eigenvalue weighted by atomic mass is 32.1. The van der Waals surface area contributed by atoms with Gasteiger partial charge in [-0.25, -0.2) is 4.98 Å². The summed E-state index contributed by atoms with van der Waals surface area (Å²) in [6.07, 6.45) is 4.35. The van der Waals surface area contributed by atoms with E-state index in [4.69, 9.17) is 10.5 Å². The largest absolute Gasteiger partial charge is 0.469 e. The van der Waals surface area contributed by atoms with Gasteiger partial charge >= 0.3 is 5.97 Å². The van der Waals surface area contributed by atoms with Gasteiger partial charge in [-0.2, -0.15) is 0 Å². The number of thiazole rings is 1. The first-order valence-electron chi connectivity index (χ1n) is 6.67. The molecule has 0 radical (unpaired) electrons. The molecule has 0 amide bonds. The van der Waals surface area contributed by atoms with Gasteiger partial charge in [0.05, 0.1) is 24.2 Å². The first kappa shape index (κ1) is 16.1. The number of hydrogen-bond donors (Lipinski definition) is 1. The third-order valence-corrected chi connectivity index (χ3v) is 3.86. The number of carbonyl (C=O) groups excluding carboxylic acids is 1. The summed E-state index contributed by atoms with van der Waals surface area (Å²) in [6.45, 7) is 4.88. The number of unbranched alkanes of at least 4 members (excludes halogenated alkanes) is 1. The number of nitrogens with two attached hydrogens (primary N) is 1. The maximum atomic E-state index is 11.3. The van der Waals surface area contributed by atoms with Crippen molar-refractivity contribution < 1.29 is 9.53 Å². The molecule has 2 N–H and O–H groups in total. The second kappa shape index (κ2) is 7.60. The quantitative estimate of drug-likeness (QED) is 0.588. The first-order chi connectivity index (χ1) is 8.96. The Labute approximate surface area is 119 Å². The minimum Gasteiger partial charge on any atom is -0.469 e.